The van der Waals surface area contributed by atoms with Crippen LogP contribution in [0.1, 0.15) is 31.2 Å². The first-order valence-electron chi connectivity index (χ1n) is 6.23. The lowest BCUT2D eigenvalue weighted by Crippen LogP contribution is -2.14. The Kier molecular flexibility index (Phi) is 3.97. The van der Waals surface area contributed by atoms with Crippen LogP contribution >= 0.6 is 0 Å². The van der Waals surface area contributed by atoms with Crippen molar-refractivity contribution in [2.75, 3.05) is 0 Å². The highest BCUT2D eigenvalue weighted by Crippen LogP contribution is 2.31. The number of allylic oxidation sites excluding steroid dienone is 1. The number of benzene rings is 1. The van der Waals surface area contributed by atoms with Gasteiger partial charge in [0.05, 0.1) is 0 Å². The zero-order chi connectivity index (χ0) is 12.1. The van der Waals surface area contributed by atoms with E-state index in [0.717, 1.165) is 31.3 Å². The smallest absolute Gasteiger partial charge is 0.328 e. The Morgan fingerprint density at radius 3 is 2.76 bits per heavy atom. The SMILES string of the molecule is O=C(O)/C=C1\CCCC[C@@H]1Cc1ccccc1. The van der Waals surface area contributed by atoms with Crippen molar-refractivity contribution in [2.45, 2.75) is 32.1 Å². The fourth-order valence-corrected chi connectivity index (χ4v) is 2.59. The maximum Gasteiger partial charge on any atom is 0.328 e. The summed E-state index contributed by atoms with van der Waals surface area (Å²) in [5, 5.41) is 8.87. The minimum absolute atomic E-state index is 0.419. The van der Waals surface area contributed by atoms with Gasteiger partial charge < -0.3 is 5.11 Å². The van der Waals surface area contributed by atoms with Crippen molar-refractivity contribution in [3.05, 3.63) is 47.5 Å². The van der Waals surface area contributed by atoms with Crippen molar-refractivity contribution in [3.8, 4) is 0 Å². The molecule has 0 saturated heterocycles. The first kappa shape index (κ1) is 11.9. The molecular formula is C15H18O2. The molecule has 0 aromatic heterocycles. The van der Waals surface area contributed by atoms with E-state index < -0.39 is 5.97 Å². The monoisotopic (exact) mass is 230 g/mol. The fourth-order valence-electron chi connectivity index (χ4n) is 2.59. The van der Waals surface area contributed by atoms with Crippen LogP contribution < -0.4 is 0 Å². The third-order valence-electron chi connectivity index (χ3n) is 3.43. The standard InChI is InChI=1S/C15H18O2/c16-15(17)11-14-9-5-4-8-13(14)10-12-6-2-1-3-7-12/h1-3,6-7,11,13H,4-5,8-10H2,(H,16,17)/b14-11+/t13-/m1/s1. The highest BCUT2D eigenvalue weighted by molar-refractivity contribution is 5.80. The van der Waals surface area contributed by atoms with Gasteiger partial charge in [0.15, 0.2) is 0 Å². The quantitative estimate of drug-likeness (QED) is 0.808. The van der Waals surface area contributed by atoms with Crippen LogP contribution in [0.25, 0.3) is 0 Å². The van der Waals surface area contributed by atoms with E-state index in [2.05, 4.69) is 12.1 Å². The molecule has 2 rings (SSSR count). The van der Waals surface area contributed by atoms with Gasteiger partial charge in [-0.2, -0.15) is 0 Å². The van der Waals surface area contributed by atoms with Gasteiger partial charge in [0.2, 0.25) is 0 Å². The van der Waals surface area contributed by atoms with Gasteiger partial charge >= 0.3 is 5.97 Å². The predicted molar refractivity (Wildman–Crippen MR) is 67.8 cm³/mol. The molecule has 0 radical (unpaired) electrons. The largest absolute Gasteiger partial charge is 0.478 e. The average molecular weight is 230 g/mol. The number of hydrogen-bond donors (Lipinski definition) is 1. The zero-order valence-corrected chi connectivity index (χ0v) is 9.93. The van der Waals surface area contributed by atoms with Gasteiger partial charge in [-0.3, -0.25) is 0 Å². The number of carbonyl (C=O) groups is 1. The lowest BCUT2D eigenvalue weighted by atomic mass is 9.80. The number of rotatable bonds is 3. The Balaban J connectivity index is 2.09. The van der Waals surface area contributed by atoms with Gasteiger partial charge in [-0.05, 0) is 37.2 Å². The molecule has 0 amide bonds. The van der Waals surface area contributed by atoms with Crippen molar-refractivity contribution in [1.29, 1.82) is 0 Å². The fraction of sp³-hybridized carbons (Fsp3) is 0.400. The topological polar surface area (TPSA) is 37.3 Å². The van der Waals surface area contributed by atoms with E-state index in [1.54, 1.807) is 0 Å². The minimum Gasteiger partial charge on any atom is -0.478 e. The van der Waals surface area contributed by atoms with Crippen LogP contribution in [0, 0.1) is 5.92 Å². The van der Waals surface area contributed by atoms with Gasteiger partial charge in [0.25, 0.3) is 0 Å². The minimum atomic E-state index is -0.806. The van der Waals surface area contributed by atoms with E-state index in [-0.39, 0.29) is 0 Å². The average Bonchev–Trinajstić information content (AvgIpc) is 2.32. The molecule has 2 nitrogen and oxygen atoms in total. The van der Waals surface area contributed by atoms with Crippen molar-refractivity contribution < 1.29 is 9.90 Å². The van der Waals surface area contributed by atoms with Gasteiger partial charge in [-0.15, -0.1) is 0 Å². The van der Waals surface area contributed by atoms with E-state index >= 15 is 0 Å². The highest BCUT2D eigenvalue weighted by atomic mass is 16.4. The molecule has 0 aliphatic heterocycles. The third-order valence-corrected chi connectivity index (χ3v) is 3.43. The molecule has 1 N–H and O–H groups in total. The highest BCUT2D eigenvalue weighted by Gasteiger charge is 2.19. The summed E-state index contributed by atoms with van der Waals surface area (Å²) >= 11 is 0. The molecule has 0 spiro atoms. The van der Waals surface area contributed by atoms with E-state index in [4.69, 9.17) is 5.11 Å². The maximum absolute atomic E-state index is 10.8. The Morgan fingerprint density at radius 2 is 2.06 bits per heavy atom. The van der Waals surface area contributed by atoms with Crippen molar-refractivity contribution >= 4 is 5.97 Å². The van der Waals surface area contributed by atoms with E-state index in [9.17, 15) is 4.79 Å². The molecule has 17 heavy (non-hydrogen) atoms. The number of hydrogen-bond acceptors (Lipinski definition) is 1. The first-order valence-corrected chi connectivity index (χ1v) is 6.23. The zero-order valence-electron chi connectivity index (χ0n) is 9.93. The van der Waals surface area contributed by atoms with Crippen LogP contribution in [0.4, 0.5) is 0 Å². The van der Waals surface area contributed by atoms with Crippen LogP contribution in [0.3, 0.4) is 0 Å². The predicted octanol–water partition coefficient (Wildman–Crippen LogP) is 3.43. The van der Waals surface area contributed by atoms with Crippen molar-refractivity contribution in [1.82, 2.24) is 0 Å². The van der Waals surface area contributed by atoms with Gasteiger partial charge in [-0.1, -0.05) is 42.3 Å². The van der Waals surface area contributed by atoms with E-state index in [0.29, 0.717) is 5.92 Å². The van der Waals surface area contributed by atoms with Crippen LogP contribution in [-0.4, -0.2) is 11.1 Å². The summed E-state index contributed by atoms with van der Waals surface area (Å²) < 4.78 is 0. The third kappa shape index (κ3) is 3.45. The molecule has 1 aliphatic rings. The van der Waals surface area contributed by atoms with Crippen LogP contribution in [0.5, 0.6) is 0 Å². The molecule has 1 fully saturated rings. The number of carboxylic acids is 1. The summed E-state index contributed by atoms with van der Waals surface area (Å²) in [5.41, 5.74) is 2.42. The lowest BCUT2D eigenvalue weighted by Gasteiger charge is -2.25. The summed E-state index contributed by atoms with van der Waals surface area (Å²) in [6, 6.07) is 10.3. The van der Waals surface area contributed by atoms with E-state index in [1.807, 2.05) is 18.2 Å². The maximum atomic E-state index is 10.8. The van der Waals surface area contributed by atoms with Gasteiger partial charge in [-0.25, -0.2) is 4.79 Å². The molecule has 0 heterocycles. The molecular weight excluding hydrogens is 212 g/mol. The molecule has 0 bridgehead atoms. The second-order valence-corrected chi connectivity index (χ2v) is 4.69. The Bertz CT molecular complexity index is 406. The molecule has 0 unspecified atom stereocenters. The molecule has 90 valence electrons. The first-order chi connectivity index (χ1) is 8.25. The Morgan fingerprint density at radius 1 is 1.29 bits per heavy atom. The second-order valence-electron chi connectivity index (χ2n) is 4.69. The van der Waals surface area contributed by atoms with Crippen LogP contribution in [0.15, 0.2) is 42.0 Å². The van der Waals surface area contributed by atoms with Crippen molar-refractivity contribution in [2.24, 2.45) is 5.92 Å². The van der Waals surface area contributed by atoms with Gasteiger partial charge in [0.1, 0.15) is 0 Å². The Labute approximate surface area is 102 Å². The normalized spacial score (nSPS) is 22.6. The lowest BCUT2D eigenvalue weighted by molar-refractivity contribution is -0.131. The summed E-state index contributed by atoms with van der Waals surface area (Å²) in [4.78, 5) is 10.8. The summed E-state index contributed by atoms with van der Waals surface area (Å²) in [7, 11) is 0. The molecule has 1 aromatic rings. The Hall–Kier alpha value is -1.57. The molecule has 1 atom stereocenters. The van der Waals surface area contributed by atoms with Gasteiger partial charge in [0, 0.05) is 6.08 Å². The second kappa shape index (κ2) is 5.67. The molecule has 1 saturated carbocycles. The molecule has 2 heteroatoms. The van der Waals surface area contributed by atoms with Crippen LogP contribution in [0.2, 0.25) is 0 Å². The summed E-state index contributed by atoms with van der Waals surface area (Å²) in [5.74, 6) is -0.387. The number of carboxylic acid groups (broad SMARTS) is 1. The number of aliphatic carboxylic acids is 1. The van der Waals surface area contributed by atoms with E-state index in [1.165, 1.54) is 18.1 Å². The molecule has 1 aliphatic carbocycles. The van der Waals surface area contributed by atoms with Crippen LogP contribution in [-0.2, 0) is 11.2 Å². The summed E-state index contributed by atoms with van der Waals surface area (Å²) in [6.45, 7) is 0. The molecule has 1 aromatic carbocycles. The van der Waals surface area contributed by atoms with Crippen molar-refractivity contribution in [3.63, 3.8) is 0 Å². The summed E-state index contributed by atoms with van der Waals surface area (Å²) in [6.07, 6.45) is 6.81.